The average molecular weight is 198 g/mol. The summed E-state index contributed by atoms with van der Waals surface area (Å²) in [7, 11) is 1.38. The fourth-order valence-corrected chi connectivity index (χ4v) is 0.983. The van der Waals surface area contributed by atoms with Crippen LogP contribution in [0.4, 0.5) is 8.78 Å². The van der Waals surface area contributed by atoms with Crippen LogP contribution >= 0.6 is 0 Å². The lowest BCUT2D eigenvalue weighted by atomic mass is 10.2. The maximum Gasteiger partial charge on any atom is 0.280 e. The van der Waals surface area contributed by atoms with Crippen molar-refractivity contribution in [3.05, 3.63) is 23.5 Å². The van der Waals surface area contributed by atoms with E-state index < -0.39 is 6.43 Å². The number of aromatic nitrogens is 1. The van der Waals surface area contributed by atoms with Crippen LogP contribution in [0.5, 0.6) is 5.75 Å². The van der Waals surface area contributed by atoms with Gasteiger partial charge in [0, 0.05) is 12.1 Å². The van der Waals surface area contributed by atoms with Gasteiger partial charge in [0.05, 0.1) is 25.3 Å². The van der Waals surface area contributed by atoms with E-state index >= 15 is 0 Å². The molecule has 5 heteroatoms. The molecule has 3 nitrogen and oxygen atoms in total. The molecule has 0 unspecified atom stereocenters. The molecule has 0 aromatic carbocycles. The minimum atomic E-state index is -2.65. The number of methoxy groups -OCH3 is 1. The van der Waals surface area contributed by atoms with Crippen LogP contribution in [-0.4, -0.2) is 12.1 Å². The second-order valence-electron chi connectivity index (χ2n) is 2.56. The molecule has 0 spiro atoms. The molecule has 0 atom stereocenters. The van der Waals surface area contributed by atoms with Gasteiger partial charge in [0.1, 0.15) is 11.4 Å². The van der Waals surface area contributed by atoms with E-state index in [-0.39, 0.29) is 12.1 Å². The summed E-state index contributed by atoms with van der Waals surface area (Å²) in [6, 6.07) is 4.46. The monoisotopic (exact) mass is 198 g/mol. The van der Waals surface area contributed by atoms with Crippen molar-refractivity contribution in [2.45, 2.75) is 12.8 Å². The molecule has 14 heavy (non-hydrogen) atoms. The van der Waals surface area contributed by atoms with Gasteiger partial charge in [-0.2, -0.15) is 5.26 Å². The zero-order valence-corrected chi connectivity index (χ0v) is 7.50. The van der Waals surface area contributed by atoms with Gasteiger partial charge in [-0.1, -0.05) is 0 Å². The molecular formula is C9H8F2N2O. The third-order valence-electron chi connectivity index (χ3n) is 1.59. The number of hydrogen-bond acceptors (Lipinski definition) is 3. The fraction of sp³-hybridized carbons (Fsp3) is 0.333. The Morgan fingerprint density at radius 1 is 1.57 bits per heavy atom. The number of ether oxygens (including phenoxy) is 1. The van der Waals surface area contributed by atoms with Crippen LogP contribution in [-0.2, 0) is 6.42 Å². The van der Waals surface area contributed by atoms with Gasteiger partial charge in [-0.25, -0.2) is 8.78 Å². The van der Waals surface area contributed by atoms with Crippen LogP contribution in [0.15, 0.2) is 12.1 Å². The van der Waals surface area contributed by atoms with E-state index in [1.807, 2.05) is 6.07 Å². The van der Waals surface area contributed by atoms with Crippen molar-refractivity contribution in [1.29, 1.82) is 5.26 Å². The Morgan fingerprint density at radius 3 is 2.79 bits per heavy atom. The highest BCUT2D eigenvalue weighted by Crippen LogP contribution is 2.22. The molecule has 0 saturated carbocycles. The molecular weight excluding hydrogens is 190 g/mol. The smallest absolute Gasteiger partial charge is 0.280 e. The van der Waals surface area contributed by atoms with Gasteiger partial charge in [0.2, 0.25) is 0 Å². The van der Waals surface area contributed by atoms with Crippen molar-refractivity contribution in [2.75, 3.05) is 7.11 Å². The number of halogens is 2. The molecule has 1 aromatic rings. The zero-order chi connectivity index (χ0) is 10.6. The molecule has 0 amide bonds. The van der Waals surface area contributed by atoms with E-state index in [0.29, 0.717) is 11.4 Å². The third-order valence-corrected chi connectivity index (χ3v) is 1.59. The molecule has 0 saturated heterocycles. The van der Waals surface area contributed by atoms with Gasteiger partial charge in [0.25, 0.3) is 6.43 Å². The molecule has 1 heterocycles. The van der Waals surface area contributed by atoms with Crippen molar-refractivity contribution >= 4 is 0 Å². The first kappa shape index (κ1) is 10.4. The predicted octanol–water partition coefficient (Wildman–Crippen LogP) is 2.09. The summed E-state index contributed by atoms with van der Waals surface area (Å²) in [6.07, 6.45) is -2.65. The Kier molecular flexibility index (Phi) is 3.35. The quantitative estimate of drug-likeness (QED) is 0.747. The number of alkyl halides is 2. The standard InChI is InChI=1S/C9H8F2N2O/c1-14-7-4-6(2-3-12)13-8(5-7)9(10)11/h4-5,9H,2H2,1H3. The zero-order valence-electron chi connectivity index (χ0n) is 7.50. The van der Waals surface area contributed by atoms with Crippen molar-refractivity contribution < 1.29 is 13.5 Å². The second-order valence-corrected chi connectivity index (χ2v) is 2.56. The summed E-state index contributed by atoms with van der Waals surface area (Å²) in [6.45, 7) is 0. The summed E-state index contributed by atoms with van der Waals surface area (Å²) in [5.74, 6) is 0.292. The van der Waals surface area contributed by atoms with Gasteiger partial charge in [0.15, 0.2) is 0 Å². The van der Waals surface area contributed by atoms with Crippen molar-refractivity contribution in [1.82, 2.24) is 4.98 Å². The number of nitrogens with zero attached hydrogens (tertiary/aromatic N) is 2. The normalized spacial score (nSPS) is 9.93. The first-order chi connectivity index (χ1) is 6.67. The maximum absolute atomic E-state index is 12.3. The summed E-state index contributed by atoms with van der Waals surface area (Å²) in [5.41, 5.74) is -0.0725. The van der Waals surface area contributed by atoms with E-state index in [0.717, 1.165) is 6.07 Å². The largest absolute Gasteiger partial charge is 0.497 e. The third kappa shape index (κ3) is 2.39. The Bertz CT molecular complexity index is 360. The molecule has 0 N–H and O–H groups in total. The molecule has 0 aliphatic carbocycles. The van der Waals surface area contributed by atoms with E-state index in [2.05, 4.69) is 4.98 Å². The number of pyridine rings is 1. The Morgan fingerprint density at radius 2 is 2.29 bits per heavy atom. The van der Waals surface area contributed by atoms with Crippen LogP contribution in [0.3, 0.4) is 0 Å². The van der Waals surface area contributed by atoms with Gasteiger partial charge < -0.3 is 4.74 Å². The number of nitriles is 1. The average Bonchev–Trinajstić information content (AvgIpc) is 2.17. The molecule has 1 aromatic heterocycles. The summed E-state index contributed by atoms with van der Waals surface area (Å²) in [4.78, 5) is 3.62. The topological polar surface area (TPSA) is 45.9 Å². The highest BCUT2D eigenvalue weighted by molar-refractivity contribution is 5.28. The highest BCUT2D eigenvalue weighted by Gasteiger charge is 2.11. The van der Waals surface area contributed by atoms with Crippen LogP contribution in [0.2, 0.25) is 0 Å². The minimum Gasteiger partial charge on any atom is -0.497 e. The molecule has 0 aliphatic rings. The minimum absolute atomic E-state index is 0.00306. The maximum atomic E-state index is 12.3. The first-order valence-corrected chi connectivity index (χ1v) is 3.87. The lowest BCUT2D eigenvalue weighted by Gasteiger charge is -2.05. The lowest BCUT2D eigenvalue weighted by molar-refractivity contribution is 0.145. The first-order valence-electron chi connectivity index (χ1n) is 3.87. The highest BCUT2D eigenvalue weighted by atomic mass is 19.3. The summed E-state index contributed by atoms with van der Waals surface area (Å²) >= 11 is 0. The van der Waals surface area contributed by atoms with E-state index in [9.17, 15) is 8.78 Å². The SMILES string of the molecule is COc1cc(CC#N)nc(C(F)F)c1. The molecule has 0 aliphatic heterocycles. The van der Waals surface area contributed by atoms with Gasteiger partial charge in [-0.15, -0.1) is 0 Å². The molecule has 1 rings (SSSR count). The summed E-state index contributed by atoms with van der Waals surface area (Å²) in [5, 5.41) is 8.39. The summed E-state index contributed by atoms with van der Waals surface area (Å²) < 4.78 is 29.4. The van der Waals surface area contributed by atoms with Crippen molar-refractivity contribution in [3.63, 3.8) is 0 Å². The molecule has 0 radical (unpaired) electrons. The van der Waals surface area contributed by atoms with Crippen molar-refractivity contribution in [3.8, 4) is 11.8 Å². The van der Waals surface area contributed by atoms with Gasteiger partial charge in [-0.3, -0.25) is 4.98 Å². The second kappa shape index (κ2) is 4.51. The van der Waals surface area contributed by atoms with E-state index in [1.165, 1.54) is 13.2 Å². The van der Waals surface area contributed by atoms with Crippen LogP contribution in [0, 0.1) is 11.3 Å². The number of rotatable bonds is 3. The number of hydrogen-bond donors (Lipinski definition) is 0. The Labute approximate surface area is 79.9 Å². The Hall–Kier alpha value is -1.70. The predicted molar refractivity (Wildman–Crippen MR) is 45.1 cm³/mol. The van der Waals surface area contributed by atoms with Crippen molar-refractivity contribution in [2.24, 2.45) is 0 Å². The van der Waals surface area contributed by atoms with Gasteiger partial charge >= 0.3 is 0 Å². The lowest BCUT2D eigenvalue weighted by Crippen LogP contribution is -1.97. The molecule has 0 fully saturated rings. The fourth-order valence-electron chi connectivity index (χ4n) is 0.983. The van der Waals surface area contributed by atoms with E-state index in [4.69, 9.17) is 10.00 Å². The van der Waals surface area contributed by atoms with E-state index in [1.54, 1.807) is 0 Å². The molecule has 0 bridgehead atoms. The molecule has 74 valence electrons. The Balaban J connectivity index is 3.08. The van der Waals surface area contributed by atoms with Crippen LogP contribution in [0.1, 0.15) is 17.8 Å². The van der Waals surface area contributed by atoms with Crippen LogP contribution < -0.4 is 4.74 Å². The van der Waals surface area contributed by atoms with Crippen LogP contribution in [0.25, 0.3) is 0 Å². The van der Waals surface area contributed by atoms with Gasteiger partial charge in [-0.05, 0) is 0 Å².